The van der Waals surface area contributed by atoms with E-state index in [4.69, 9.17) is 15.2 Å². The van der Waals surface area contributed by atoms with Gasteiger partial charge in [-0.1, -0.05) is 0 Å². The van der Waals surface area contributed by atoms with Crippen LogP contribution in [-0.2, 0) is 11.3 Å². The average molecular weight is 210 g/mol. The Labute approximate surface area is 90.4 Å². The third-order valence-electron chi connectivity index (χ3n) is 1.88. The Morgan fingerprint density at radius 3 is 2.87 bits per heavy atom. The molecule has 0 amide bonds. The molecule has 0 spiro atoms. The number of nitrogens with two attached hydrogens (primary N) is 1. The van der Waals surface area contributed by atoms with Gasteiger partial charge in [0, 0.05) is 18.3 Å². The van der Waals surface area contributed by atoms with Crippen LogP contribution in [0.2, 0.25) is 0 Å². The predicted molar refractivity (Wildman–Crippen MR) is 58.7 cm³/mol. The lowest BCUT2D eigenvalue weighted by Gasteiger charge is -2.11. The number of nitrogens with zero attached hydrogens (tertiary/aromatic N) is 1. The van der Waals surface area contributed by atoms with E-state index in [2.05, 4.69) is 4.98 Å². The molecule has 15 heavy (non-hydrogen) atoms. The molecule has 0 saturated carbocycles. The van der Waals surface area contributed by atoms with Gasteiger partial charge < -0.3 is 15.2 Å². The molecule has 0 atom stereocenters. The number of ether oxygens (including phenoxy) is 2. The number of hydrogen-bond acceptors (Lipinski definition) is 4. The fourth-order valence-electron chi connectivity index (χ4n) is 1.14. The Morgan fingerprint density at radius 2 is 2.20 bits per heavy atom. The van der Waals surface area contributed by atoms with Crippen molar-refractivity contribution in [1.82, 2.24) is 4.98 Å². The van der Waals surface area contributed by atoms with Gasteiger partial charge in [0.2, 0.25) is 0 Å². The van der Waals surface area contributed by atoms with E-state index in [-0.39, 0.29) is 6.10 Å². The van der Waals surface area contributed by atoms with Gasteiger partial charge in [0.15, 0.2) is 0 Å². The van der Waals surface area contributed by atoms with Crippen LogP contribution in [0.5, 0.6) is 5.75 Å². The van der Waals surface area contributed by atoms with Gasteiger partial charge in [0.25, 0.3) is 0 Å². The van der Waals surface area contributed by atoms with Crippen LogP contribution in [0.1, 0.15) is 19.4 Å². The summed E-state index contributed by atoms with van der Waals surface area (Å²) in [4.78, 5) is 3.99. The molecule has 0 aliphatic heterocycles. The standard InChI is InChI=1S/C11H18N2O2/c1-9(2)14-5-6-15-11-8-13-4-3-10(11)7-12/h3-4,8-9H,5-7,12H2,1-2H3. The van der Waals surface area contributed by atoms with Gasteiger partial charge in [-0.3, -0.25) is 4.98 Å². The second kappa shape index (κ2) is 6.37. The maximum absolute atomic E-state index is 5.56. The highest BCUT2D eigenvalue weighted by Gasteiger charge is 2.01. The summed E-state index contributed by atoms with van der Waals surface area (Å²) in [5.41, 5.74) is 6.53. The highest BCUT2D eigenvalue weighted by atomic mass is 16.5. The van der Waals surface area contributed by atoms with Crippen molar-refractivity contribution in [3.8, 4) is 5.75 Å². The number of rotatable bonds is 6. The van der Waals surface area contributed by atoms with Gasteiger partial charge in [-0.25, -0.2) is 0 Å². The molecule has 4 heteroatoms. The summed E-state index contributed by atoms with van der Waals surface area (Å²) in [6.45, 7) is 5.56. The predicted octanol–water partition coefficient (Wildman–Crippen LogP) is 1.34. The van der Waals surface area contributed by atoms with E-state index in [1.165, 1.54) is 0 Å². The third-order valence-corrected chi connectivity index (χ3v) is 1.88. The quantitative estimate of drug-likeness (QED) is 0.720. The van der Waals surface area contributed by atoms with Gasteiger partial charge in [0.1, 0.15) is 12.4 Å². The summed E-state index contributed by atoms with van der Waals surface area (Å²) in [5, 5.41) is 0. The van der Waals surface area contributed by atoms with Crippen molar-refractivity contribution >= 4 is 0 Å². The molecular weight excluding hydrogens is 192 g/mol. The lowest BCUT2D eigenvalue weighted by molar-refractivity contribution is 0.0550. The van der Waals surface area contributed by atoms with Gasteiger partial charge in [-0.2, -0.15) is 0 Å². The highest BCUT2D eigenvalue weighted by Crippen LogP contribution is 2.15. The van der Waals surface area contributed by atoms with Crippen LogP contribution in [-0.4, -0.2) is 24.3 Å². The Balaban J connectivity index is 2.36. The first kappa shape index (κ1) is 11.9. The number of pyridine rings is 1. The number of hydrogen-bond donors (Lipinski definition) is 1. The molecule has 1 aromatic heterocycles. The monoisotopic (exact) mass is 210 g/mol. The minimum atomic E-state index is 0.233. The second-order valence-electron chi connectivity index (χ2n) is 3.46. The molecule has 0 aliphatic carbocycles. The average Bonchev–Trinajstić information content (AvgIpc) is 2.24. The smallest absolute Gasteiger partial charge is 0.142 e. The van der Waals surface area contributed by atoms with Crippen molar-refractivity contribution in [3.63, 3.8) is 0 Å². The molecule has 1 aromatic rings. The van der Waals surface area contributed by atoms with Crippen LogP contribution >= 0.6 is 0 Å². The Hall–Kier alpha value is -1.13. The normalized spacial score (nSPS) is 10.7. The second-order valence-corrected chi connectivity index (χ2v) is 3.46. The largest absolute Gasteiger partial charge is 0.489 e. The molecule has 2 N–H and O–H groups in total. The molecule has 0 fully saturated rings. The zero-order chi connectivity index (χ0) is 11.1. The molecule has 84 valence electrons. The first-order chi connectivity index (χ1) is 7.24. The van der Waals surface area contributed by atoms with Crippen molar-refractivity contribution in [2.24, 2.45) is 5.73 Å². The van der Waals surface area contributed by atoms with Crippen LogP contribution in [0.25, 0.3) is 0 Å². The zero-order valence-corrected chi connectivity index (χ0v) is 9.27. The van der Waals surface area contributed by atoms with E-state index >= 15 is 0 Å². The maximum atomic E-state index is 5.56. The third kappa shape index (κ3) is 4.27. The Morgan fingerprint density at radius 1 is 1.40 bits per heavy atom. The van der Waals surface area contributed by atoms with E-state index in [1.54, 1.807) is 12.4 Å². The topological polar surface area (TPSA) is 57.4 Å². The van der Waals surface area contributed by atoms with Crippen molar-refractivity contribution < 1.29 is 9.47 Å². The van der Waals surface area contributed by atoms with Gasteiger partial charge in [-0.15, -0.1) is 0 Å². The van der Waals surface area contributed by atoms with E-state index < -0.39 is 0 Å². The fourth-order valence-corrected chi connectivity index (χ4v) is 1.14. The summed E-state index contributed by atoms with van der Waals surface area (Å²) in [6.07, 6.45) is 3.62. The number of aromatic nitrogens is 1. The lowest BCUT2D eigenvalue weighted by atomic mass is 10.2. The summed E-state index contributed by atoms with van der Waals surface area (Å²) >= 11 is 0. The molecule has 1 heterocycles. The van der Waals surface area contributed by atoms with E-state index in [0.717, 1.165) is 11.3 Å². The van der Waals surface area contributed by atoms with E-state index in [0.29, 0.717) is 19.8 Å². The Kier molecular flexibility index (Phi) is 5.07. The highest BCUT2D eigenvalue weighted by molar-refractivity contribution is 5.29. The summed E-state index contributed by atoms with van der Waals surface area (Å²) in [7, 11) is 0. The minimum Gasteiger partial charge on any atom is -0.489 e. The Bertz CT molecular complexity index is 290. The van der Waals surface area contributed by atoms with E-state index in [9.17, 15) is 0 Å². The molecule has 4 nitrogen and oxygen atoms in total. The SMILES string of the molecule is CC(C)OCCOc1cnccc1CN. The first-order valence-corrected chi connectivity index (χ1v) is 5.11. The molecule has 0 bridgehead atoms. The molecule has 0 saturated heterocycles. The lowest BCUT2D eigenvalue weighted by Crippen LogP contribution is -2.12. The summed E-state index contributed by atoms with van der Waals surface area (Å²) in [6, 6.07) is 1.86. The van der Waals surface area contributed by atoms with Crippen LogP contribution in [0, 0.1) is 0 Å². The van der Waals surface area contributed by atoms with Gasteiger partial charge in [-0.05, 0) is 19.9 Å². The summed E-state index contributed by atoms with van der Waals surface area (Å²) in [5.74, 6) is 0.743. The molecule has 0 aromatic carbocycles. The molecule has 0 unspecified atom stereocenters. The summed E-state index contributed by atoms with van der Waals surface area (Å²) < 4.78 is 10.9. The van der Waals surface area contributed by atoms with Crippen molar-refractivity contribution in [3.05, 3.63) is 24.0 Å². The molecule has 0 aliphatic rings. The molecular formula is C11H18N2O2. The van der Waals surface area contributed by atoms with Crippen LogP contribution in [0.15, 0.2) is 18.5 Å². The van der Waals surface area contributed by atoms with Crippen molar-refractivity contribution in [2.45, 2.75) is 26.5 Å². The first-order valence-electron chi connectivity index (χ1n) is 5.11. The van der Waals surface area contributed by atoms with Crippen molar-refractivity contribution in [1.29, 1.82) is 0 Å². The van der Waals surface area contributed by atoms with E-state index in [1.807, 2.05) is 19.9 Å². The van der Waals surface area contributed by atoms with Crippen LogP contribution in [0.3, 0.4) is 0 Å². The minimum absolute atomic E-state index is 0.233. The molecule has 1 rings (SSSR count). The van der Waals surface area contributed by atoms with Crippen molar-refractivity contribution in [2.75, 3.05) is 13.2 Å². The molecule has 0 radical (unpaired) electrons. The van der Waals surface area contributed by atoms with Crippen LogP contribution in [0.4, 0.5) is 0 Å². The van der Waals surface area contributed by atoms with Gasteiger partial charge in [0.05, 0.1) is 18.9 Å². The zero-order valence-electron chi connectivity index (χ0n) is 9.27. The maximum Gasteiger partial charge on any atom is 0.142 e. The fraction of sp³-hybridized carbons (Fsp3) is 0.545. The van der Waals surface area contributed by atoms with Crippen LogP contribution < -0.4 is 10.5 Å². The van der Waals surface area contributed by atoms with Gasteiger partial charge >= 0.3 is 0 Å².